The fraction of sp³-hybridized carbons (Fsp3) is 0.333. The molecule has 0 aliphatic rings. The molecular formula is C9H10BrF2NO3S. The van der Waals surface area contributed by atoms with Gasteiger partial charge in [0.1, 0.15) is 16.5 Å². The van der Waals surface area contributed by atoms with Crippen molar-refractivity contribution < 1.29 is 22.3 Å². The van der Waals surface area contributed by atoms with Gasteiger partial charge in [0.2, 0.25) is 10.0 Å². The van der Waals surface area contributed by atoms with E-state index in [4.69, 9.17) is 5.11 Å². The van der Waals surface area contributed by atoms with Gasteiger partial charge in [0, 0.05) is 23.7 Å². The lowest BCUT2D eigenvalue weighted by Crippen LogP contribution is -2.26. The Kier molecular flexibility index (Phi) is 4.99. The summed E-state index contributed by atoms with van der Waals surface area (Å²) >= 11 is 2.79. The van der Waals surface area contributed by atoms with E-state index in [1.54, 1.807) is 0 Å². The quantitative estimate of drug-likeness (QED) is 0.802. The second-order valence-corrected chi connectivity index (χ2v) is 5.73. The fourth-order valence-electron chi connectivity index (χ4n) is 1.14. The van der Waals surface area contributed by atoms with Crippen molar-refractivity contribution in [3.63, 3.8) is 0 Å². The van der Waals surface area contributed by atoms with Crippen LogP contribution < -0.4 is 4.72 Å². The van der Waals surface area contributed by atoms with Crippen LogP contribution in [0.2, 0.25) is 0 Å². The lowest BCUT2D eigenvalue weighted by molar-refractivity contribution is 0.289. The fourth-order valence-corrected chi connectivity index (χ4v) is 3.38. The summed E-state index contributed by atoms with van der Waals surface area (Å²) in [6, 6.07) is 1.36. The Balaban J connectivity index is 3.07. The van der Waals surface area contributed by atoms with Crippen molar-refractivity contribution in [1.29, 1.82) is 0 Å². The monoisotopic (exact) mass is 329 g/mol. The van der Waals surface area contributed by atoms with Gasteiger partial charge in [0.15, 0.2) is 0 Å². The zero-order chi connectivity index (χ0) is 13.1. The maximum absolute atomic E-state index is 13.4. The van der Waals surface area contributed by atoms with Crippen molar-refractivity contribution in [3.8, 4) is 0 Å². The summed E-state index contributed by atoms with van der Waals surface area (Å²) in [7, 11) is -4.06. The molecule has 0 fully saturated rings. The molecule has 8 heteroatoms. The Labute approximate surface area is 106 Å². The van der Waals surface area contributed by atoms with Crippen molar-refractivity contribution in [2.24, 2.45) is 0 Å². The van der Waals surface area contributed by atoms with Crippen LogP contribution in [0.5, 0.6) is 0 Å². The van der Waals surface area contributed by atoms with Crippen molar-refractivity contribution in [2.75, 3.05) is 13.2 Å². The zero-order valence-corrected chi connectivity index (χ0v) is 11.0. The van der Waals surface area contributed by atoms with Gasteiger partial charge in [0.25, 0.3) is 0 Å². The van der Waals surface area contributed by atoms with Gasteiger partial charge in [-0.2, -0.15) is 0 Å². The summed E-state index contributed by atoms with van der Waals surface area (Å²) in [5, 5.41) is 8.51. The van der Waals surface area contributed by atoms with Gasteiger partial charge in [-0.3, -0.25) is 0 Å². The van der Waals surface area contributed by atoms with Crippen LogP contribution in [0, 0.1) is 11.6 Å². The molecule has 0 amide bonds. The zero-order valence-electron chi connectivity index (χ0n) is 8.58. The van der Waals surface area contributed by atoms with Crippen LogP contribution in [0.15, 0.2) is 21.5 Å². The summed E-state index contributed by atoms with van der Waals surface area (Å²) in [6.07, 6.45) is 0.208. The van der Waals surface area contributed by atoms with Crippen LogP contribution in [-0.2, 0) is 10.0 Å². The smallest absolute Gasteiger partial charge is 0.244 e. The van der Waals surface area contributed by atoms with Crippen molar-refractivity contribution in [3.05, 3.63) is 28.2 Å². The van der Waals surface area contributed by atoms with Gasteiger partial charge >= 0.3 is 0 Å². The number of hydrogen-bond donors (Lipinski definition) is 2. The van der Waals surface area contributed by atoms with E-state index in [0.29, 0.717) is 6.07 Å². The molecule has 0 saturated carbocycles. The maximum Gasteiger partial charge on any atom is 0.244 e. The predicted octanol–water partition coefficient (Wildman–Crippen LogP) is 1.39. The lowest BCUT2D eigenvalue weighted by atomic mass is 10.3. The minimum absolute atomic E-state index is 0.0257. The number of aliphatic hydroxyl groups excluding tert-OH is 1. The van der Waals surface area contributed by atoms with Crippen LogP contribution in [-0.4, -0.2) is 26.7 Å². The number of halogens is 3. The van der Waals surface area contributed by atoms with Crippen LogP contribution in [0.3, 0.4) is 0 Å². The molecule has 0 bridgehead atoms. The van der Waals surface area contributed by atoms with Gasteiger partial charge in [0.05, 0.1) is 0 Å². The first-order chi connectivity index (χ1) is 7.88. The molecule has 96 valence electrons. The number of nitrogens with one attached hydrogen (secondary N) is 1. The molecule has 17 heavy (non-hydrogen) atoms. The molecule has 0 spiro atoms. The number of hydrogen-bond acceptors (Lipinski definition) is 3. The van der Waals surface area contributed by atoms with Crippen LogP contribution in [0.1, 0.15) is 6.42 Å². The second kappa shape index (κ2) is 5.85. The minimum Gasteiger partial charge on any atom is -0.396 e. The second-order valence-electron chi connectivity index (χ2n) is 3.17. The Hall–Kier alpha value is -0.570. The molecule has 1 aromatic carbocycles. The number of aliphatic hydroxyl groups is 1. The van der Waals surface area contributed by atoms with E-state index < -0.39 is 26.6 Å². The summed E-state index contributed by atoms with van der Waals surface area (Å²) in [4.78, 5) is -0.642. The highest BCUT2D eigenvalue weighted by atomic mass is 79.9. The first-order valence-corrected chi connectivity index (χ1v) is 6.91. The van der Waals surface area contributed by atoms with Crippen LogP contribution in [0.25, 0.3) is 0 Å². The predicted molar refractivity (Wildman–Crippen MR) is 60.9 cm³/mol. The normalized spacial score (nSPS) is 11.8. The summed E-state index contributed by atoms with van der Waals surface area (Å²) < 4.78 is 51.4. The minimum atomic E-state index is -4.06. The van der Waals surface area contributed by atoms with Gasteiger partial charge in [-0.05, 0) is 28.4 Å². The van der Waals surface area contributed by atoms with E-state index >= 15 is 0 Å². The molecule has 2 N–H and O–H groups in total. The third kappa shape index (κ3) is 3.70. The standard InChI is InChI=1S/C9H10BrF2NO3S/c10-7-4-6(11)5-8(12)9(7)17(15,16)13-2-1-3-14/h4-5,13-14H,1-3H2. The average molecular weight is 330 g/mol. The highest BCUT2D eigenvalue weighted by Gasteiger charge is 2.22. The first-order valence-electron chi connectivity index (χ1n) is 4.63. The molecule has 0 aliphatic heterocycles. The largest absolute Gasteiger partial charge is 0.396 e. The molecule has 0 heterocycles. The molecule has 0 saturated heterocycles. The van der Waals surface area contributed by atoms with Crippen LogP contribution >= 0.6 is 15.9 Å². The van der Waals surface area contributed by atoms with Crippen molar-refractivity contribution >= 4 is 26.0 Å². The van der Waals surface area contributed by atoms with Crippen molar-refractivity contribution in [2.45, 2.75) is 11.3 Å². The van der Waals surface area contributed by atoms with Gasteiger partial charge in [-0.25, -0.2) is 21.9 Å². The number of sulfonamides is 1. The Morgan fingerprint density at radius 2 is 2.00 bits per heavy atom. The third-order valence-electron chi connectivity index (χ3n) is 1.86. The SMILES string of the molecule is O=S(=O)(NCCCO)c1c(F)cc(F)cc1Br. The van der Waals surface area contributed by atoms with Gasteiger partial charge in [-0.15, -0.1) is 0 Å². The molecule has 4 nitrogen and oxygen atoms in total. The Morgan fingerprint density at radius 3 is 2.53 bits per heavy atom. The number of benzene rings is 1. The van der Waals surface area contributed by atoms with E-state index in [-0.39, 0.29) is 24.0 Å². The average Bonchev–Trinajstić information content (AvgIpc) is 2.15. The maximum atomic E-state index is 13.4. The van der Waals surface area contributed by atoms with Gasteiger partial charge in [-0.1, -0.05) is 0 Å². The molecule has 0 aliphatic carbocycles. The number of rotatable bonds is 5. The van der Waals surface area contributed by atoms with E-state index in [9.17, 15) is 17.2 Å². The molecule has 1 aromatic rings. The summed E-state index contributed by atoms with van der Waals surface area (Å²) in [5.74, 6) is -2.04. The molecular weight excluding hydrogens is 320 g/mol. The molecule has 1 rings (SSSR count). The van der Waals surface area contributed by atoms with E-state index in [0.717, 1.165) is 6.07 Å². The van der Waals surface area contributed by atoms with E-state index in [1.807, 2.05) is 0 Å². The Morgan fingerprint density at radius 1 is 1.35 bits per heavy atom. The molecule has 0 atom stereocenters. The molecule has 0 unspecified atom stereocenters. The van der Waals surface area contributed by atoms with Crippen molar-refractivity contribution in [1.82, 2.24) is 4.72 Å². The third-order valence-corrected chi connectivity index (χ3v) is 4.28. The lowest BCUT2D eigenvalue weighted by Gasteiger charge is -2.09. The molecule has 0 aromatic heterocycles. The molecule has 0 radical (unpaired) electrons. The van der Waals surface area contributed by atoms with E-state index in [1.165, 1.54) is 0 Å². The van der Waals surface area contributed by atoms with E-state index in [2.05, 4.69) is 20.7 Å². The highest BCUT2D eigenvalue weighted by Crippen LogP contribution is 2.25. The van der Waals surface area contributed by atoms with Gasteiger partial charge < -0.3 is 5.11 Å². The highest BCUT2D eigenvalue weighted by molar-refractivity contribution is 9.10. The first kappa shape index (κ1) is 14.5. The summed E-state index contributed by atoms with van der Waals surface area (Å²) in [5.41, 5.74) is 0. The Bertz CT molecular complexity index is 484. The summed E-state index contributed by atoms with van der Waals surface area (Å²) in [6.45, 7) is -0.211. The topological polar surface area (TPSA) is 66.4 Å². The van der Waals surface area contributed by atoms with Crippen LogP contribution in [0.4, 0.5) is 8.78 Å².